The Balaban J connectivity index is 1.86. The van der Waals surface area contributed by atoms with Crippen LogP contribution in [0.1, 0.15) is 12.8 Å². The fourth-order valence-electron chi connectivity index (χ4n) is 6.14. The molecule has 5 saturated carbocycles. The van der Waals surface area contributed by atoms with Crippen molar-refractivity contribution in [2.24, 2.45) is 47.3 Å². The highest BCUT2D eigenvalue weighted by Crippen LogP contribution is 2.71. The summed E-state index contributed by atoms with van der Waals surface area (Å²) in [4.78, 5) is 24.5. The summed E-state index contributed by atoms with van der Waals surface area (Å²) in [6.07, 6.45) is 6.96. The Morgan fingerprint density at radius 2 is 1.31 bits per heavy atom. The molecule has 5 fully saturated rings. The third kappa shape index (κ3) is 0.586. The number of rotatable bonds is 0. The van der Waals surface area contributed by atoms with Crippen LogP contribution in [0, 0.1) is 47.3 Å². The van der Waals surface area contributed by atoms with E-state index in [1.807, 2.05) is 0 Å². The quantitative estimate of drug-likeness (QED) is 0.452. The number of hydrogen-bond donors (Lipinski definition) is 0. The number of carbonyl (C=O) groups is 2. The minimum absolute atomic E-state index is 0.00144. The number of carbonyl (C=O) groups excluding carboxylic acids is 2. The second kappa shape index (κ2) is 2.20. The second-order valence-corrected chi connectivity index (χ2v) is 6.38. The number of fused-ring (bicyclic) bond motifs is 1. The summed E-state index contributed by atoms with van der Waals surface area (Å²) < 4.78 is 0. The van der Waals surface area contributed by atoms with Gasteiger partial charge in [0.2, 0.25) is 11.6 Å². The van der Waals surface area contributed by atoms with Crippen LogP contribution in [-0.4, -0.2) is 11.6 Å². The van der Waals surface area contributed by atoms with Gasteiger partial charge < -0.3 is 0 Å². The Bertz CT molecular complexity index is 423. The first-order valence-corrected chi connectivity index (χ1v) is 6.55. The fraction of sp³-hybridized carbons (Fsp3) is 0.714. The summed E-state index contributed by atoms with van der Waals surface area (Å²) in [5.41, 5.74) is 0. The summed E-state index contributed by atoms with van der Waals surface area (Å²) in [5, 5.41) is 0. The van der Waals surface area contributed by atoms with Crippen molar-refractivity contribution >= 4 is 11.6 Å². The van der Waals surface area contributed by atoms with Crippen molar-refractivity contribution in [3.8, 4) is 0 Å². The number of Topliss-reactive ketones (excluding diaryl/α,β-unsaturated/α-hetero) is 2. The Hall–Kier alpha value is -0.920. The Kier molecular flexibility index (Phi) is 1.13. The van der Waals surface area contributed by atoms with Crippen molar-refractivity contribution in [1.29, 1.82) is 0 Å². The SMILES string of the molecule is O=C1C(=O)[C@H]2[C@H]3C=C[C@H]4C3C3[C@H](CC[C@@H]32)[C@@H]14. The number of ketones is 2. The first kappa shape index (κ1) is 8.21. The normalized spacial score (nSPS) is 63.8. The van der Waals surface area contributed by atoms with Gasteiger partial charge in [-0.25, -0.2) is 0 Å². The third-order valence-corrected chi connectivity index (χ3v) is 6.31. The van der Waals surface area contributed by atoms with Crippen LogP contribution >= 0.6 is 0 Å². The molecule has 0 unspecified atom stereocenters. The van der Waals surface area contributed by atoms with E-state index in [2.05, 4.69) is 12.2 Å². The standard InChI is InChI=1S/C14H14O2/c15-13-11-5-1-2-6-9(5)10-7(11)3-4-8(10)12(6)14(13)16/h1-2,5-12H,3-4H2/t5-,6-,7-,8-,9?,10?,11-,12-/m0/s1. The van der Waals surface area contributed by atoms with Crippen molar-refractivity contribution in [3.63, 3.8) is 0 Å². The molecule has 16 heavy (non-hydrogen) atoms. The molecule has 0 heterocycles. The van der Waals surface area contributed by atoms with Crippen molar-refractivity contribution in [3.05, 3.63) is 12.2 Å². The molecule has 6 aliphatic carbocycles. The first-order chi connectivity index (χ1) is 7.79. The molecule has 0 amide bonds. The van der Waals surface area contributed by atoms with Crippen LogP contribution in [-0.2, 0) is 9.59 Å². The average molecular weight is 214 g/mol. The van der Waals surface area contributed by atoms with Crippen LogP contribution in [0.15, 0.2) is 12.2 Å². The predicted molar refractivity (Wildman–Crippen MR) is 56.3 cm³/mol. The molecule has 6 atom stereocenters. The van der Waals surface area contributed by atoms with Crippen molar-refractivity contribution < 1.29 is 9.59 Å². The monoisotopic (exact) mass is 214 g/mol. The Labute approximate surface area is 94.1 Å². The smallest absolute Gasteiger partial charge is 0.202 e. The second-order valence-electron chi connectivity index (χ2n) is 6.38. The number of allylic oxidation sites excluding steroid dienone is 2. The van der Waals surface area contributed by atoms with Gasteiger partial charge in [-0.3, -0.25) is 9.59 Å². The molecule has 0 aromatic carbocycles. The van der Waals surface area contributed by atoms with Gasteiger partial charge in [0.05, 0.1) is 0 Å². The lowest BCUT2D eigenvalue weighted by Gasteiger charge is -2.22. The summed E-state index contributed by atoms with van der Waals surface area (Å²) in [6.45, 7) is 0. The van der Waals surface area contributed by atoms with Crippen molar-refractivity contribution in [1.82, 2.24) is 0 Å². The molecule has 0 N–H and O–H groups in total. The van der Waals surface area contributed by atoms with E-state index < -0.39 is 0 Å². The van der Waals surface area contributed by atoms with Gasteiger partial charge in [0.1, 0.15) is 0 Å². The molecule has 2 heteroatoms. The van der Waals surface area contributed by atoms with E-state index in [9.17, 15) is 9.59 Å². The molecular weight excluding hydrogens is 200 g/mol. The van der Waals surface area contributed by atoms with Crippen molar-refractivity contribution in [2.75, 3.05) is 0 Å². The van der Waals surface area contributed by atoms with Gasteiger partial charge in [0, 0.05) is 11.8 Å². The lowest BCUT2D eigenvalue weighted by atomic mass is 9.79. The van der Waals surface area contributed by atoms with E-state index in [-0.39, 0.29) is 23.4 Å². The summed E-state index contributed by atoms with van der Waals surface area (Å²) in [7, 11) is 0. The van der Waals surface area contributed by atoms with Crippen LogP contribution in [0.3, 0.4) is 0 Å². The molecular formula is C14H14O2. The van der Waals surface area contributed by atoms with Gasteiger partial charge >= 0.3 is 0 Å². The van der Waals surface area contributed by atoms with Crippen LogP contribution < -0.4 is 0 Å². The summed E-state index contributed by atoms with van der Waals surface area (Å²) in [6, 6.07) is 0. The molecule has 0 spiro atoms. The van der Waals surface area contributed by atoms with Gasteiger partial charge in [-0.05, 0) is 48.3 Å². The molecule has 8 bridgehead atoms. The zero-order valence-electron chi connectivity index (χ0n) is 9.00. The minimum atomic E-state index is 0.00144. The fourth-order valence-corrected chi connectivity index (χ4v) is 6.14. The third-order valence-electron chi connectivity index (χ3n) is 6.31. The molecule has 0 aliphatic heterocycles. The first-order valence-electron chi connectivity index (χ1n) is 6.55. The zero-order valence-corrected chi connectivity index (χ0v) is 9.00. The molecule has 0 saturated heterocycles. The van der Waals surface area contributed by atoms with E-state index in [1.165, 1.54) is 12.8 Å². The molecule has 6 aliphatic rings. The lowest BCUT2D eigenvalue weighted by Crippen LogP contribution is -2.34. The maximum Gasteiger partial charge on any atom is 0.202 e. The molecule has 82 valence electrons. The van der Waals surface area contributed by atoms with Gasteiger partial charge in [0.25, 0.3) is 0 Å². The van der Waals surface area contributed by atoms with E-state index >= 15 is 0 Å². The van der Waals surface area contributed by atoms with Gasteiger partial charge in [-0.1, -0.05) is 12.2 Å². The zero-order chi connectivity index (χ0) is 10.6. The molecule has 0 aromatic rings. The minimum Gasteiger partial charge on any atom is -0.291 e. The van der Waals surface area contributed by atoms with Crippen molar-refractivity contribution in [2.45, 2.75) is 12.8 Å². The van der Waals surface area contributed by atoms with Gasteiger partial charge in [-0.15, -0.1) is 0 Å². The van der Waals surface area contributed by atoms with E-state index in [4.69, 9.17) is 0 Å². The Morgan fingerprint density at radius 1 is 0.812 bits per heavy atom. The van der Waals surface area contributed by atoms with E-state index in [0.29, 0.717) is 29.6 Å². The average Bonchev–Trinajstić information content (AvgIpc) is 2.91. The van der Waals surface area contributed by atoms with Crippen LogP contribution in [0.4, 0.5) is 0 Å². The van der Waals surface area contributed by atoms with Gasteiger partial charge in [-0.2, -0.15) is 0 Å². The van der Waals surface area contributed by atoms with Gasteiger partial charge in [0.15, 0.2) is 0 Å². The van der Waals surface area contributed by atoms with E-state index in [1.54, 1.807) is 0 Å². The number of hydrogen-bond acceptors (Lipinski definition) is 2. The van der Waals surface area contributed by atoms with Crippen LogP contribution in [0.2, 0.25) is 0 Å². The molecule has 0 radical (unpaired) electrons. The maximum atomic E-state index is 12.2. The summed E-state index contributed by atoms with van der Waals surface area (Å²) >= 11 is 0. The van der Waals surface area contributed by atoms with Crippen LogP contribution in [0.5, 0.6) is 0 Å². The topological polar surface area (TPSA) is 34.1 Å². The highest BCUT2D eigenvalue weighted by atomic mass is 16.2. The predicted octanol–water partition coefficient (Wildman–Crippen LogP) is 1.46. The highest BCUT2D eigenvalue weighted by molar-refractivity contribution is 6.39. The highest BCUT2D eigenvalue weighted by Gasteiger charge is 2.71. The van der Waals surface area contributed by atoms with E-state index in [0.717, 1.165) is 5.92 Å². The molecule has 6 rings (SSSR count). The largest absolute Gasteiger partial charge is 0.291 e. The summed E-state index contributed by atoms with van der Waals surface area (Å²) in [5.74, 6) is 3.56. The molecule has 2 nitrogen and oxygen atoms in total. The van der Waals surface area contributed by atoms with Crippen LogP contribution in [0.25, 0.3) is 0 Å². The maximum absolute atomic E-state index is 12.2. The molecule has 0 aromatic heterocycles. The Morgan fingerprint density at radius 3 is 1.81 bits per heavy atom. The lowest BCUT2D eigenvalue weighted by molar-refractivity contribution is -0.142.